The van der Waals surface area contributed by atoms with E-state index in [1.807, 2.05) is 42.5 Å². The van der Waals surface area contributed by atoms with Crippen LogP contribution in [0.25, 0.3) is 22.6 Å². The van der Waals surface area contributed by atoms with Gasteiger partial charge in [-0.2, -0.15) is 0 Å². The Morgan fingerprint density at radius 3 is 2.46 bits per heavy atom. The van der Waals surface area contributed by atoms with Crippen molar-refractivity contribution in [3.05, 3.63) is 59.9 Å². The summed E-state index contributed by atoms with van der Waals surface area (Å²) in [5.41, 5.74) is 2.71. The second-order valence-corrected chi connectivity index (χ2v) is 7.69. The maximum atomic E-state index is 9.36. The summed E-state index contributed by atoms with van der Waals surface area (Å²) < 4.78 is 0. The Morgan fingerprint density at radius 2 is 1.79 bits per heavy atom. The Bertz CT molecular complexity index is 910. The number of hydrogen-bond acceptors (Lipinski definition) is 5. The van der Waals surface area contributed by atoms with Gasteiger partial charge in [0.15, 0.2) is 5.82 Å². The van der Waals surface area contributed by atoms with Gasteiger partial charge in [-0.05, 0) is 55.9 Å². The third-order valence-electron chi connectivity index (χ3n) is 5.24. The first-order valence-electron chi connectivity index (χ1n) is 9.64. The largest absolute Gasteiger partial charge is 0.396 e. The number of aliphatic hydroxyl groups excluding tert-OH is 1. The maximum absolute atomic E-state index is 9.36. The highest BCUT2D eigenvalue weighted by Crippen LogP contribution is 2.29. The highest BCUT2D eigenvalue weighted by molar-refractivity contribution is 6.30. The van der Waals surface area contributed by atoms with Gasteiger partial charge in [-0.15, -0.1) is 0 Å². The SMILES string of the molecule is OC[C@H]1CC[C@@H](Nc2cc(-c3ccc(Cl)cc3)nc(-c3cccnc3)n2)CC1. The monoisotopic (exact) mass is 394 g/mol. The van der Waals surface area contributed by atoms with E-state index in [4.69, 9.17) is 21.6 Å². The summed E-state index contributed by atoms with van der Waals surface area (Å²) in [4.78, 5) is 13.7. The number of rotatable bonds is 5. The minimum absolute atomic E-state index is 0.284. The average Bonchev–Trinajstić information content (AvgIpc) is 2.75. The number of aromatic nitrogens is 3. The fraction of sp³-hybridized carbons (Fsp3) is 0.318. The van der Waals surface area contributed by atoms with Crippen LogP contribution in [0.5, 0.6) is 0 Å². The van der Waals surface area contributed by atoms with Gasteiger partial charge in [0.25, 0.3) is 0 Å². The van der Waals surface area contributed by atoms with E-state index in [0.29, 0.717) is 22.8 Å². The van der Waals surface area contributed by atoms with E-state index in [1.165, 1.54) is 0 Å². The van der Waals surface area contributed by atoms with Gasteiger partial charge in [-0.25, -0.2) is 9.97 Å². The lowest BCUT2D eigenvalue weighted by atomic mass is 9.86. The van der Waals surface area contributed by atoms with E-state index in [-0.39, 0.29) is 6.61 Å². The van der Waals surface area contributed by atoms with Crippen LogP contribution >= 0.6 is 11.6 Å². The van der Waals surface area contributed by atoms with E-state index in [1.54, 1.807) is 12.4 Å². The number of halogens is 1. The molecular formula is C22H23ClN4O. The van der Waals surface area contributed by atoms with Crippen molar-refractivity contribution in [2.24, 2.45) is 5.92 Å². The summed E-state index contributed by atoms with van der Waals surface area (Å²) in [7, 11) is 0. The van der Waals surface area contributed by atoms with E-state index in [9.17, 15) is 5.11 Å². The Kier molecular flexibility index (Phi) is 5.84. The normalized spacial score (nSPS) is 19.4. The molecule has 0 bridgehead atoms. The summed E-state index contributed by atoms with van der Waals surface area (Å²) >= 11 is 6.04. The van der Waals surface area contributed by atoms with Crippen molar-refractivity contribution < 1.29 is 5.11 Å². The lowest BCUT2D eigenvalue weighted by Crippen LogP contribution is -2.27. The van der Waals surface area contributed by atoms with Crippen molar-refractivity contribution in [1.29, 1.82) is 0 Å². The highest BCUT2D eigenvalue weighted by Gasteiger charge is 2.21. The smallest absolute Gasteiger partial charge is 0.163 e. The molecule has 0 spiro atoms. The van der Waals surface area contributed by atoms with E-state index < -0.39 is 0 Å². The molecule has 2 N–H and O–H groups in total. The summed E-state index contributed by atoms with van der Waals surface area (Å²) in [6.07, 6.45) is 7.67. The van der Waals surface area contributed by atoms with E-state index >= 15 is 0 Å². The molecule has 0 unspecified atom stereocenters. The Labute approximate surface area is 169 Å². The van der Waals surface area contributed by atoms with Crippen LogP contribution in [0.3, 0.4) is 0 Å². The first kappa shape index (κ1) is 18.8. The molecule has 2 heterocycles. The number of pyridine rings is 1. The van der Waals surface area contributed by atoms with Crippen molar-refractivity contribution in [2.75, 3.05) is 11.9 Å². The van der Waals surface area contributed by atoms with E-state index in [2.05, 4.69) is 10.3 Å². The molecule has 0 saturated heterocycles. The van der Waals surface area contributed by atoms with Crippen molar-refractivity contribution in [2.45, 2.75) is 31.7 Å². The standard InChI is InChI=1S/C22H23ClN4O/c23-18-7-5-16(6-8-18)20-12-21(25-19-9-3-15(14-28)4-10-19)27-22(26-20)17-2-1-11-24-13-17/h1-2,5-8,11-13,15,19,28H,3-4,9-10,14H2,(H,25,26,27)/t15-,19+. The molecule has 4 rings (SSSR count). The van der Waals surface area contributed by atoms with Gasteiger partial charge in [0.05, 0.1) is 5.69 Å². The van der Waals surface area contributed by atoms with Gasteiger partial charge < -0.3 is 10.4 Å². The third-order valence-corrected chi connectivity index (χ3v) is 5.49. The van der Waals surface area contributed by atoms with E-state index in [0.717, 1.165) is 48.3 Å². The highest BCUT2D eigenvalue weighted by atomic mass is 35.5. The minimum atomic E-state index is 0.284. The van der Waals surface area contributed by atoms with Crippen LogP contribution in [0.4, 0.5) is 5.82 Å². The predicted molar refractivity (Wildman–Crippen MR) is 112 cm³/mol. The molecule has 0 radical (unpaired) electrons. The molecule has 1 aliphatic carbocycles. The molecule has 0 amide bonds. The quantitative estimate of drug-likeness (QED) is 0.649. The summed E-state index contributed by atoms with van der Waals surface area (Å²) in [6, 6.07) is 13.9. The fourth-order valence-corrected chi connectivity index (χ4v) is 3.74. The van der Waals surface area contributed by atoms with Crippen LogP contribution in [-0.4, -0.2) is 32.7 Å². The number of aliphatic hydroxyl groups is 1. The minimum Gasteiger partial charge on any atom is -0.396 e. The van der Waals surface area contributed by atoms with Crippen LogP contribution in [0.1, 0.15) is 25.7 Å². The predicted octanol–water partition coefficient (Wildman–Crippen LogP) is 4.82. The second kappa shape index (κ2) is 8.67. The lowest BCUT2D eigenvalue weighted by molar-refractivity contribution is 0.185. The number of hydrogen-bond donors (Lipinski definition) is 2. The third kappa shape index (κ3) is 4.49. The van der Waals surface area contributed by atoms with Crippen molar-refractivity contribution in [1.82, 2.24) is 15.0 Å². The second-order valence-electron chi connectivity index (χ2n) is 7.26. The maximum Gasteiger partial charge on any atom is 0.163 e. The molecule has 3 aromatic rings. The molecule has 1 aliphatic rings. The van der Waals surface area contributed by atoms with Gasteiger partial charge >= 0.3 is 0 Å². The van der Waals surface area contributed by atoms with Crippen LogP contribution in [0.15, 0.2) is 54.9 Å². The number of anilines is 1. The van der Waals surface area contributed by atoms with Gasteiger partial charge in [-0.3, -0.25) is 4.98 Å². The summed E-state index contributed by atoms with van der Waals surface area (Å²) in [5, 5.41) is 13.6. The summed E-state index contributed by atoms with van der Waals surface area (Å²) in [6.45, 7) is 0.284. The van der Waals surface area contributed by atoms with Crippen molar-refractivity contribution >= 4 is 17.4 Å². The van der Waals surface area contributed by atoms with Gasteiger partial charge in [0, 0.05) is 47.3 Å². The zero-order valence-electron chi connectivity index (χ0n) is 15.6. The molecular weight excluding hydrogens is 372 g/mol. The molecule has 1 aromatic carbocycles. The zero-order valence-corrected chi connectivity index (χ0v) is 16.3. The van der Waals surface area contributed by atoms with Crippen LogP contribution in [-0.2, 0) is 0 Å². The molecule has 2 aromatic heterocycles. The van der Waals surface area contributed by atoms with Crippen LogP contribution < -0.4 is 5.32 Å². The van der Waals surface area contributed by atoms with Gasteiger partial charge in [0.1, 0.15) is 5.82 Å². The Hall–Kier alpha value is -2.50. The first-order chi connectivity index (χ1) is 13.7. The fourth-order valence-electron chi connectivity index (χ4n) is 3.61. The molecule has 28 heavy (non-hydrogen) atoms. The zero-order chi connectivity index (χ0) is 19.3. The van der Waals surface area contributed by atoms with Crippen molar-refractivity contribution in [3.63, 3.8) is 0 Å². The molecule has 0 aliphatic heterocycles. The lowest BCUT2D eigenvalue weighted by Gasteiger charge is -2.28. The molecule has 6 heteroatoms. The molecule has 1 saturated carbocycles. The number of nitrogens with one attached hydrogen (secondary N) is 1. The number of benzene rings is 1. The average molecular weight is 395 g/mol. The number of nitrogens with zero attached hydrogens (tertiary/aromatic N) is 3. The molecule has 0 atom stereocenters. The van der Waals surface area contributed by atoms with Crippen molar-refractivity contribution in [3.8, 4) is 22.6 Å². The first-order valence-corrected chi connectivity index (χ1v) is 10.0. The molecule has 5 nitrogen and oxygen atoms in total. The Balaban J connectivity index is 1.65. The van der Waals surface area contributed by atoms with Crippen LogP contribution in [0.2, 0.25) is 5.02 Å². The summed E-state index contributed by atoms with van der Waals surface area (Å²) in [5.74, 6) is 1.89. The molecule has 1 fully saturated rings. The topological polar surface area (TPSA) is 70.9 Å². The van der Waals surface area contributed by atoms with Gasteiger partial charge in [0.2, 0.25) is 0 Å². The van der Waals surface area contributed by atoms with Crippen LogP contribution in [0, 0.1) is 5.92 Å². The Morgan fingerprint density at radius 1 is 1.00 bits per heavy atom. The van der Waals surface area contributed by atoms with Gasteiger partial charge in [-0.1, -0.05) is 23.7 Å². The molecule has 144 valence electrons.